The number of carboxylic acids is 1. The van der Waals surface area contributed by atoms with Crippen molar-refractivity contribution >= 4 is 16.0 Å². The second-order valence-electron chi connectivity index (χ2n) is 6.57. The Morgan fingerprint density at radius 2 is 1.92 bits per heavy atom. The molecular weight excluding hydrogens is 354 g/mol. The number of carboxylic acid groups (broad SMARTS) is 1. The highest BCUT2D eigenvalue weighted by Crippen LogP contribution is 2.26. The molecule has 1 N–H and O–H groups in total. The van der Waals surface area contributed by atoms with E-state index in [1.165, 1.54) is 10.6 Å². The highest BCUT2D eigenvalue weighted by Gasteiger charge is 2.27. The van der Waals surface area contributed by atoms with Crippen LogP contribution >= 0.6 is 0 Å². The van der Waals surface area contributed by atoms with Gasteiger partial charge in [-0.25, -0.2) is 17.5 Å². The molecule has 0 amide bonds. The summed E-state index contributed by atoms with van der Waals surface area (Å²) in [6, 6.07) is 6.53. The zero-order valence-electron chi connectivity index (χ0n) is 14.5. The number of piperidine rings is 1. The molecule has 1 fully saturated rings. The number of hydrogen-bond acceptors (Lipinski definition) is 5. The predicted octanol–water partition coefficient (Wildman–Crippen LogP) is 2.06. The third-order valence-corrected chi connectivity index (χ3v) is 5.88. The topological polar surface area (TPSA) is 100 Å². The van der Waals surface area contributed by atoms with Crippen LogP contribution in [0, 0.1) is 5.92 Å². The molecule has 1 aromatic heterocycles. The van der Waals surface area contributed by atoms with Gasteiger partial charge in [0.2, 0.25) is 10.0 Å². The molecule has 0 unspecified atom stereocenters. The van der Waals surface area contributed by atoms with Gasteiger partial charge in [0.15, 0.2) is 0 Å². The van der Waals surface area contributed by atoms with Gasteiger partial charge in [0.25, 0.3) is 0 Å². The molecule has 0 radical (unpaired) electrons. The third kappa shape index (κ3) is 4.25. The molecule has 1 saturated heterocycles. The molecule has 1 aromatic carbocycles. The fraction of sp³-hybridized carbons (Fsp3) is 0.389. The van der Waals surface area contributed by atoms with E-state index in [1.807, 2.05) is 0 Å². The molecule has 1 atom stereocenters. The van der Waals surface area contributed by atoms with Crippen molar-refractivity contribution in [1.29, 1.82) is 0 Å². The molecule has 8 heteroatoms. The van der Waals surface area contributed by atoms with Crippen LogP contribution in [-0.2, 0) is 16.4 Å². The molecule has 7 nitrogen and oxygen atoms in total. The van der Waals surface area contributed by atoms with Crippen molar-refractivity contribution in [2.24, 2.45) is 5.92 Å². The van der Waals surface area contributed by atoms with E-state index >= 15 is 0 Å². The molecule has 1 aliphatic rings. The highest BCUT2D eigenvalue weighted by molar-refractivity contribution is 7.88. The Kier molecular flexibility index (Phi) is 5.33. The van der Waals surface area contributed by atoms with Gasteiger partial charge in [-0.15, -0.1) is 0 Å². The number of aromatic carboxylic acids is 1. The molecule has 1 aliphatic heterocycles. The third-order valence-electron chi connectivity index (χ3n) is 4.61. The van der Waals surface area contributed by atoms with Crippen LogP contribution in [0.4, 0.5) is 0 Å². The molecule has 138 valence electrons. The predicted molar refractivity (Wildman–Crippen MR) is 97.3 cm³/mol. The van der Waals surface area contributed by atoms with Gasteiger partial charge in [0.1, 0.15) is 0 Å². The maximum Gasteiger partial charge on any atom is 0.335 e. The average Bonchev–Trinajstić information content (AvgIpc) is 2.62. The van der Waals surface area contributed by atoms with Crippen molar-refractivity contribution < 1.29 is 18.3 Å². The van der Waals surface area contributed by atoms with E-state index in [2.05, 4.69) is 9.97 Å². The first-order chi connectivity index (χ1) is 12.3. The highest BCUT2D eigenvalue weighted by atomic mass is 32.2. The molecule has 0 saturated carbocycles. The number of aromatic nitrogens is 2. The van der Waals surface area contributed by atoms with E-state index < -0.39 is 16.0 Å². The Hall–Kier alpha value is -2.32. The normalized spacial score (nSPS) is 18.6. The Bertz CT molecular complexity index is 897. The van der Waals surface area contributed by atoms with Gasteiger partial charge in [-0.2, -0.15) is 0 Å². The summed E-state index contributed by atoms with van der Waals surface area (Å²) >= 11 is 0. The van der Waals surface area contributed by atoms with Crippen LogP contribution in [0.2, 0.25) is 0 Å². The summed E-state index contributed by atoms with van der Waals surface area (Å²) in [7, 11) is -3.18. The molecule has 0 bridgehead atoms. The number of sulfonamides is 1. The molecule has 0 aliphatic carbocycles. The fourth-order valence-corrected chi connectivity index (χ4v) is 4.24. The zero-order valence-corrected chi connectivity index (χ0v) is 15.3. The summed E-state index contributed by atoms with van der Waals surface area (Å²) < 4.78 is 25.1. The van der Waals surface area contributed by atoms with E-state index in [9.17, 15) is 13.2 Å². The minimum Gasteiger partial charge on any atom is -0.478 e. The monoisotopic (exact) mass is 375 g/mol. The minimum atomic E-state index is -3.18. The molecule has 26 heavy (non-hydrogen) atoms. The first-order valence-electron chi connectivity index (χ1n) is 8.43. The molecule has 2 heterocycles. The second kappa shape index (κ2) is 7.51. The molecule has 2 aromatic rings. The van der Waals surface area contributed by atoms with Crippen LogP contribution < -0.4 is 0 Å². The molecule has 3 rings (SSSR count). The van der Waals surface area contributed by atoms with Crippen molar-refractivity contribution in [3.63, 3.8) is 0 Å². The maximum atomic E-state index is 11.8. The number of rotatable bonds is 5. The van der Waals surface area contributed by atoms with Crippen LogP contribution in [0.15, 0.2) is 36.7 Å². The largest absolute Gasteiger partial charge is 0.478 e. The summed E-state index contributed by atoms with van der Waals surface area (Å²) in [4.78, 5) is 19.9. The first-order valence-corrected chi connectivity index (χ1v) is 10.3. The maximum absolute atomic E-state index is 11.8. The van der Waals surface area contributed by atoms with Crippen molar-refractivity contribution in [2.45, 2.75) is 19.3 Å². The van der Waals surface area contributed by atoms with Crippen LogP contribution in [-0.4, -0.2) is 53.1 Å². The zero-order chi connectivity index (χ0) is 18.7. The van der Waals surface area contributed by atoms with Gasteiger partial charge < -0.3 is 5.11 Å². The van der Waals surface area contributed by atoms with Gasteiger partial charge in [-0.3, -0.25) is 9.97 Å². The first kappa shape index (κ1) is 18.5. The molecular formula is C18H21N3O4S. The quantitative estimate of drug-likeness (QED) is 0.858. The van der Waals surface area contributed by atoms with Crippen LogP contribution in [0.3, 0.4) is 0 Å². The van der Waals surface area contributed by atoms with Crippen molar-refractivity contribution in [1.82, 2.24) is 14.3 Å². The lowest BCUT2D eigenvalue weighted by atomic mass is 9.92. The van der Waals surface area contributed by atoms with Gasteiger partial charge in [-0.1, -0.05) is 12.1 Å². The SMILES string of the molecule is CS(=O)(=O)N1CCC[C@H](Cc2nccnc2-c2ccc(C(=O)O)cc2)C1. The van der Waals surface area contributed by atoms with Crippen molar-refractivity contribution in [3.05, 3.63) is 47.9 Å². The van der Waals surface area contributed by atoms with E-state index in [0.717, 1.165) is 24.1 Å². The van der Waals surface area contributed by atoms with Crippen LogP contribution in [0.1, 0.15) is 28.9 Å². The minimum absolute atomic E-state index is 0.187. The van der Waals surface area contributed by atoms with Gasteiger partial charge in [0, 0.05) is 31.0 Å². The lowest BCUT2D eigenvalue weighted by molar-refractivity contribution is 0.0697. The second-order valence-corrected chi connectivity index (χ2v) is 8.55. The smallest absolute Gasteiger partial charge is 0.335 e. The van der Waals surface area contributed by atoms with E-state index in [1.54, 1.807) is 36.7 Å². The Morgan fingerprint density at radius 3 is 2.58 bits per heavy atom. The van der Waals surface area contributed by atoms with Crippen LogP contribution in [0.25, 0.3) is 11.3 Å². The van der Waals surface area contributed by atoms with Gasteiger partial charge >= 0.3 is 5.97 Å². The Morgan fingerprint density at radius 1 is 1.23 bits per heavy atom. The number of benzene rings is 1. The summed E-state index contributed by atoms with van der Waals surface area (Å²) in [5.41, 5.74) is 2.53. The lowest BCUT2D eigenvalue weighted by Crippen LogP contribution is -2.39. The van der Waals surface area contributed by atoms with Crippen molar-refractivity contribution in [2.75, 3.05) is 19.3 Å². The Balaban J connectivity index is 1.82. The lowest BCUT2D eigenvalue weighted by Gasteiger charge is -2.31. The van der Waals surface area contributed by atoms with Gasteiger partial charge in [-0.05, 0) is 37.3 Å². The van der Waals surface area contributed by atoms with E-state index in [-0.39, 0.29) is 11.5 Å². The summed E-state index contributed by atoms with van der Waals surface area (Å²) in [5, 5.41) is 9.03. The van der Waals surface area contributed by atoms with E-state index in [0.29, 0.717) is 25.2 Å². The molecule has 0 spiro atoms. The number of hydrogen-bond donors (Lipinski definition) is 1. The summed E-state index contributed by atoms with van der Waals surface area (Å²) in [6.45, 7) is 1.06. The van der Waals surface area contributed by atoms with Crippen LogP contribution in [0.5, 0.6) is 0 Å². The summed E-state index contributed by atoms with van der Waals surface area (Å²) in [5.74, 6) is -0.786. The Labute approximate surface area is 152 Å². The number of nitrogens with zero attached hydrogens (tertiary/aromatic N) is 3. The average molecular weight is 375 g/mol. The standard InChI is InChI=1S/C18H21N3O4S/c1-26(24,25)21-10-2-3-13(12-21)11-16-17(20-9-8-19-16)14-4-6-15(7-5-14)18(22)23/h4-9,13H,2-3,10-12H2,1H3,(H,22,23)/t13-/m1/s1. The number of carbonyl (C=O) groups is 1. The fourth-order valence-electron chi connectivity index (χ4n) is 3.30. The summed E-state index contributed by atoms with van der Waals surface area (Å²) in [6.07, 6.45) is 6.89. The van der Waals surface area contributed by atoms with Crippen molar-refractivity contribution in [3.8, 4) is 11.3 Å². The van der Waals surface area contributed by atoms with Gasteiger partial charge in [0.05, 0.1) is 23.2 Å². The van der Waals surface area contributed by atoms with E-state index in [4.69, 9.17) is 5.11 Å².